The van der Waals surface area contributed by atoms with E-state index >= 15 is 0 Å². The second-order valence-corrected chi connectivity index (χ2v) is 8.01. The Morgan fingerprint density at radius 2 is 0.605 bits per heavy atom. The normalized spacial score (nSPS) is 9.05. The van der Waals surface area contributed by atoms with E-state index in [0.717, 1.165) is 9.79 Å². The van der Waals surface area contributed by atoms with Crippen molar-refractivity contribution >= 4 is 11.8 Å². The summed E-state index contributed by atoms with van der Waals surface area (Å²) in [4.78, 5) is 2.05. The van der Waals surface area contributed by atoms with Gasteiger partial charge in [-0.15, -0.1) is 21.0 Å². The lowest BCUT2D eigenvalue weighted by Crippen LogP contribution is -1.86. The third kappa shape index (κ3) is 8.76. The zero-order chi connectivity index (χ0) is 27.0. The topological polar surface area (TPSA) is 141 Å². The Labute approximate surface area is 222 Å². The van der Waals surface area contributed by atoms with Crippen molar-refractivity contribution in [2.45, 2.75) is 9.79 Å². The Morgan fingerprint density at radius 1 is 0.368 bits per heavy atom. The SMILES string of the molecule is N#COc1ccc(Oc2ccc(OC#N)cc2)cc1.N#COc1ccc(Sc2ccc(OC#N)cc2)cc1. The molecule has 0 unspecified atom stereocenters. The third-order valence-electron chi connectivity index (χ3n) is 4.42. The van der Waals surface area contributed by atoms with Crippen LogP contribution in [0, 0.1) is 46.1 Å². The maximum atomic E-state index is 8.38. The fourth-order valence-electron chi connectivity index (χ4n) is 2.79. The fourth-order valence-corrected chi connectivity index (χ4v) is 3.60. The molecule has 0 aliphatic rings. The average Bonchev–Trinajstić information content (AvgIpc) is 2.94. The Bertz CT molecular complexity index is 1250. The van der Waals surface area contributed by atoms with Gasteiger partial charge in [0.1, 0.15) is 34.5 Å². The van der Waals surface area contributed by atoms with Gasteiger partial charge in [0.25, 0.3) is 25.0 Å². The molecule has 0 radical (unpaired) electrons. The van der Waals surface area contributed by atoms with Crippen molar-refractivity contribution in [3.63, 3.8) is 0 Å². The fraction of sp³-hybridized carbons (Fsp3) is 0. The first-order chi connectivity index (χ1) is 18.6. The second kappa shape index (κ2) is 14.6. The van der Waals surface area contributed by atoms with Crippen molar-refractivity contribution in [2.75, 3.05) is 0 Å². The molecule has 0 aliphatic heterocycles. The first kappa shape index (κ1) is 26.8. The van der Waals surface area contributed by atoms with Crippen LogP contribution in [0.3, 0.4) is 0 Å². The summed E-state index contributed by atoms with van der Waals surface area (Å²) >= 11 is 1.56. The smallest absolute Gasteiger partial charge is 0.292 e. The summed E-state index contributed by atoms with van der Waals surface area (Å²) in [7, 11) is 0. The van der Waals surface area contributed by atoms with Crippen LogP contribution in [0.4, 0.5) is 0 Å². The molecule has 0 N–H and O–H groups in total. The standard InChI is InChI=1S/C14H8N2O3.C14H8N2O2S/c2*15-9-17-11-1-5-13(6-2-11)19-14-7-3-12(4-8-14)18-10-16/h2*1-8H. The van der Waals surface area contributed by atoms with Gasteiger partial charge in [-0.2, -0.15) is 0 Å². The highest BCUT2D eigenvalue weighted by molar-refractivity contribution is 7.99. The number of nitriles is 4. The van der Waals surface area contributed by atoms with Gasteiger partial charge >= 0.3 is 0 Å². The zero-order valence-electron chi connectivity index (χ0n) is 19.5. The quantitative estimate of drug-likeness (QED) is 0.229. The van der Waals surface area contributed by atoms with Crippen molar-refractivity contribution in [1.29, 1.82) is 21.0 Å². The van der Waals surface area contributed by atoms with Gasteiger partial charge in [0, 0.05) is 9.79 Å². The van der Waals surface area contributed by atoms with E-state index in [9.17, 15) is 0 Å². The number of nitrogens with zero attached hydrogens (tertiary/aromatic N) is 4. The summed E-state index contributed by atoms with van der Waals surface area (Å²) in [5.41, 5.74) is 0. The molecule has 0 spiro atoms. The van der Waals surface area contributed by atoms with Gasteiger partial charge in [-0.3, -0.25) is 0 Å². The van der Waals surface area contributed by atoms with Gasteiger partial charge in [0.2, 0.25) is 0 Å². The Hall–Kier alpha value is -5.81. The van der Waals surface area contributed by atoms with Crippen LogP contribution in [0.2, 0.25) is 0 Å². The molecule has 0 aromatic heterocycles. The van der Waals surface area contributed by atoms with Gasteiger partial charge in [0.05, 0.1) is 0 Å². The molecule has 0 fully saturated rings. The molecule has 4 rings (SSSR count). The van der Waals surface area contributed by atoms with Crippen molar-refractivity contribution in [1.82, 2.24) is 0 Å². The van der Waals surface area contributed by atoms with Gasteiger partial charge in [-0.05, 0) is 97.1 Å². The predicted molar refractivity (Wildman–Crippen MR) is 135 cm³/mol. The highest BCUT2D eigenvalue weighted by atomic mass is 32.2. The van der Waals surface area contributed by atoms with Crippen molar-refractivity contribution < 1.29 is 23.7 Å². The van der Waals surface area contributed by atoms with Crippen LogP contribution in [-0.4, -0.2) is 0 Å². The number of hydrogen-bond donors (Lipinski definition) is 0. The van der Waals surface area contributed by atoms with Crippen LogP contribution < -0.4 is 23.7 Å². The first-order valence-electron chi connectivity index (χ1n) is 10.6. The molecule has 0 heterocycles. The minimum absolute atomic E-state index is 0.451. The van der Waals surface area contributed by atoms with Crippen molar-refractivity contribution in [3.05, 3.63) is 97.1 Å². The summed E-state index contributed by atoms with van der Waals surface area (Å²) in [6.07, 6.45) is 6.43. The van der Waals surface area contributed by atoms with Crippen LogP contribution in [-0.2, 0) is 0 Å². The van der Waals surface area contributed by atoms with E-state index in [0.29, 0.717) is 34.5 Å². The lowest BCUT2D eigenvalue weighted by molar-refractivity contribution is 0.472. The van der Waals surface area contributed by atoms with Crippen molar-refractivity contribution in [3.8, 4) is 59.5 Å². The third-order valence-corrected chi connectivity index (χ3v) is 5.44. The van der Waals surface area contributed by atoms with Crippen LogP contribution in [0.1, 0.15) is 0 Å². The Morgan fingerprint density at radius 3 is 0.868 bits per heavy atom. The molecular formula is C28H16N4O5S. The molecule has 4 aromatic rings. The van der Waals surface area contributed by atoms with E-state index in [1.807, 2.05) is 24.3 Å². The van der Waals surface area contributed by atoms with Crippen LogP contribution >= 0.6 is 11.8 Å². The highest BCUT2D eigenvalue weighted by Gasteiger charge is 2.01. The number of hydrogen-bond acceptors (Lipinski definition) is 10. The summed E-state index contributed by atoms with van der Waals surface area (Å²) in [5, 5.41) is 33.5. The molecule has 184 valence electrons. The molecule has 38 heavy (non-hydrogen) atoms. The molecule has 0 saturated heterocycles. The molecule has 4 aromatic carbocycles. The Kier molecular flexibility index (Phi) is 10.3. The first-order valence-corrected chi connectivity index (χ1v) is 11.4. The summed E-state index contributed by atoms with van der Waals surface area (Å²) in [5.74, 6) is 3.16. The summed E-state index contributed by atoms with van der Waals surface area (Å²) in [6, 6.07) is 27.7. The molecule has 0 aliphatic carbocycles. The minimum atomic E-state index is 0.451. The lowest BCUT2D eigenvalue weighted by Gasteiger charge is -2.06. The minimum Gasteiger partial charge on any atom is -0.457 e. The number of rotatable bonds is 8. The molecule has 0 amide bonds. The van der Waals surface area contributed by atoms with Crippen LogP contribution in [0.15, 0.2) is 107 Å². The van der Waals surface area contributed by atoms with Crippen molar-refractivity contribution in [2.24, 2.45) is 0 Å². The predicted octanol–water partition coefficient (Wildman–Crippen LogP) is 6.76. The number of ether oxygens (including phenoxy) is 5. The maximum absolute atomic E-state index is 8.38. The van der Waals surface area contributed by atoms with Gasteiger partial charge in [-0.25, -0.2) is 0 Å². The van der Waals surface area contributed by atoms with Crippen LogP contribution in [0.5, 0.6) is 34.5 Å². The van der Waals surface area contributed by atoms with E-state index < -0.39 is 0 Å². The van der Waals surface area contributed by atoms with E-state index in [1.165, 1.54) is 0 Å². The summed E-state index contributed by atoms with van der Waals surface area (Å²) in [6.45, 7) is 0. The Balaban J connectivity index is 0.000000211. The van der Waals surface area contributed by atoms with Gasteiger partial charge in [-0.1, -0.05) is 11.8 Å². The van der Waals surface area contributed by atoms with Crippen LogP contribution in [0.25, 0.3) is 0 Å². The average molecular weight is 521 g/mol. The number of benzene rings is 4. The van der Waals surface area contributed by atoms with E-state index in [4.69, 9.17) is 35.3 Å². The van der Waals surface area contributed by atoms with E-state index in [1.54, 1.807) is 110 Å². The monoisotopic (exact) mass is 520 g/mol. The molecule has 0 atom stereocenters. The second-order valence-electron chi connectivity index (χ2n) is 6.86. The zero-order valence-corrected chi connectivity index (χ0v) is 20.3. The van der Waals surface area contributed by atoms with Gasteiger partial charge in [0.15, 0.2) is 0 Å². The maximum Gasteiger partial charge on any atom is 0.292 e. The molecule has 9 nitrogen and oxygen atoms in total. The summed E-state index contributed by atoms with van der Waals surface area (Å²) < 4.78 is 24.3. The van der Waals surface area contributed by atoms with E-state index in [-0.39, 0.29) is 0 Å². The van der Waals surface area contributed by atoms with E-state index in [2.05, 4.69) is 9.47 Å². The molecular weight excluding hydrogens is 504 g/mol. The van der Waals surface area contributed by atoms with Gasteiger partial charge < -0.3 is 23.7 Å². The molecule has 0 bridgehead atoms. The lowest BCUT2D eigenvalue weighted by atomic mass is 10.3. The highest BCUT2D eigenvalue weighted by Crippen LogP contribution is 2.30. The largest absolute Gasteiger partial charge is 0.457 e. The molecule has 0 saturated carbocycles. The molecule has 10 heteroatoms.